The minimum absolute atomic E-state index is 0.256. The molecule has 0 amide bonds. The number of hydrogen-bond acceptors (Lipinski definition) is 3. The van der Waals surface area contributed by atoms with Crippen molar-refractivity contribution in [2.75, 3.05) is 26.2 Å². The van der Waals surface area contributed by atoms with Crippen LogP contribution in [0.15, 0.2) is 22.7 Å². The molecule has 1 aromatic carbocycles. The Bertz CT molecular complexity index is 398. The minimum atomic E-state index is -2.78. The molecule has 1 aliphatic rings. The standard InChI is InChI=1S/C12H15BrF2N2O/c13-10-1-2-11(18-12(14)15)9(7-10)8-17-5-3-16-4-6-17/h1-2,7,12,16H,3-6,8H2. The van der Waals surface area contributed by atoms with Gasteiger partial charge in [-0.2, -0.15) is 8.78 Å². The third-order valence-corrected chi connectivity index (χ3v) is 3.34. The summed E-state index contributed by atoms with van der Waals surface area (Å²) in [5.41, 5.74) is 0.784. The summed E-state index contributed by atoms with van der Waals surface area (Å²) in [6, 6.07) is 5.12. The second-order valence-corrected chi connectivity index (χ2v) is 5.07. The zero-order chi connectivity index (χ0) is 13.0. The fraction of sp³-hybridized carbons (Fsp3) is 0.500. The lowest BCUT2D eigenvalue weighted by Crippen LogP contribution is -2.42. The first-order chi connectivity index (χ1) is 8.65. The van der Waals surface area contributed by atoms with E-state index >= 15 is 0 Å². The summed E-state index contributed by atoms with van der Waals surface area (Å²) in [6.45, 7) is 1.54. The average molecular weight is 321 g/mol. The topological polar surface area (TPSA) is 24.5 Å². The maximum atomic E-state index is 12.3. The highest BCUT2D eigenvalue weighted by atomic mass is 79.9. The molecular weight excluding hydrogens is 306 g/mol. The van der Waals surface area contributed by atoms with Crippen LogP contribution in [-0.2, 0) is 6.54 Å². The normalized spacial score (nSPS) is 17.1. The average Bonchev–Trinajstić information content (AvgIpc) is 2.33. The van der Waals surface area contributed by atoms with Crippen molar-refractivity contribution in [2.45, 2.75) is 13.2 Å². The van der Waals surface area contributed by atoms with Gasteiger partial charge in [-0.1, -0.05) is 15.9 Å². The second-order valence-electron chi connectivity index (χ2n) is 4.16. The molecule has 1 heterocycles. The first-order valence-corrected chi connectivity index (χ1v) is 6.61. The van der Waals surface area contributed by atoms with Crippen LogP contribution in [0.3, 0.4) is 0 Å². The largest absolute Gasteiger partial charge is 0.434 e. The van der Waals surface area contributed by atoms with E-state index in [4.69, 9.17) is 0 Å². The highest BCUT2D eigenvalue weighted by Gasteiger charge is 2.15. The van der Waals surface area contributed by atoms with Crippen LogP contribution in [0, 0.1) is 0 Å². The molecule has 1 aliphatic heterocycles. The van der Waals surface area contributed by atoms with Gasteiger partial charge in [-0.05, 0) is 18.2 Å². The first kappa shape index (κ1) is 13.7. The Kier molecular flexibility index (Phi) is 4.91. The summed E-state index contributed by atoms with van der Waals surface area (Å²) in [4.78, 5) is 2.22. The van der Waals surface area contributed by atoms with Crippen molar-refractivity contribution in [1.82, 2.24) is 10.2 Å². The van der Waals surface area contributed by atoms with Gasteiger partial charge >= 0.3 is 6.61 Å². The molecule has 100 valence electrons. The molecule has 2 rings (SSSR count). The lowest BCUT2D eigenvalue weighted by atomic mass is 10.2. The Hall–Kier alpha value is -0.720. The minimum Gasteiger partial charge on any atom is -0.434 e. The van der Waals surface area contributed by atoms with Crippen LogP contribution in [0.25, 0.3) is 0 Å². The van der Waals surface area contributed by atoms with E-state index in [1.165, 1.54) is 0 Å². The number of hydrogen-bond donors (Lipinski definition) is 1. The lowest BCUT2D eigenvalue weighted by molar-refractivity contribution is -0.0508. The van der Waals surface area contributed by atoms with E-state index in [2.05, 4.69) is 30.9 Å². The van der Waals surface area contributed by atoms with Crippen LogP contribution >= 0.6 is 15.9 Å². The van der Waals surface area contributed by atoms with Crippen molar-refractivity contribution in [1.29, 1.82) is 0 Å². The van der Waals surface area contributed by atoms with Crippen molar-refractivity contribution in [3.8, 4) is 5.75 Å². The molecule has 3 nitrogen and oxygen atoms in total. The number of halogens is 3. The molecule has 0 bridgehead atoms. The third kappa shape index (κ3) is 3.90. The van der Waals surface area contributed by atoms with Crippen LogP contribution in [0.2, 0.25) is 0 Å². The van der Waals surface area contributed by atoms with Gasteiger partial charge in [0.2, 0.25) is 0 Å². The Balaban J connectivity index is 2.10. The van der Waals surface area contributed by atoms with Crippen molar-refractivity contribution >= 4 is 15.9 Å². The van der Waals surface area contributed by atoms with Crippen LogP contribution in [0.1, 0.15) is 5.56 Å². The fourth-order valence-electron chi connectivity index (χ4n) is 1.99. The molecule has 0 radical (unpaired) electrons. The quantitative estimate of drug-likeness (QED) is 0.922. The maximum Gasteiger partial charge on any atom is 0.387 e. The molecule has 1 saturated heterocycles. The van der Waals surface area contributed by atoms with E-state index in [9.17, 15) is 8.78 Å². The molecule has 18 heavy (non-hydrogen) atoms. The molecule has 0 spiro atoms. The van der Waals surface area contributed by atoms with Crippen LogP contribution in [0.5, 0.6) is 5.75 Å². The second kappa shape index (κ2) is 6.45. The summed E-state index contributed by atoms with van der Waals surface area (Å²) in [7, 11) is 0. The summed E-state index contributed by atoms with van der Waals surface area (Å²) >= 11 is 3.35. The molecule has 0 aliphatic carbocycles. The van der Waals surface area contributed by atoms with Crippen molar-refractivity contribution in [2.24, 2.45) is 0 Å². The SMILES string of the molecule is FC(F)Oc1ccc(Br)cc1CN1CCNCC1. The van der Waals surface area contributed by atoms with E-state index < -0.39 is 6.61 Å². The molecule has 1 N–H and O–H groups in total. The Morgan fingerprint density at radius 1 is 1.33 bits per heavy atom. The van der Waals surface area contributed by atoms with Crippen molar-refractivity contribution in [3.05, 3.63) is 28.2 Å². The van der Waals surface area contributed by atoms with Crippen molar-refractivity contribution in [3.63, 3.8) is 0 Å². The number of nitrogens with zero attached hydrogens (tertiary/aromatic N) is 1. The van der Waals surface area contributed by atoms with Crippen LogP contribution in [0.4, 0.5) is 8.78 Å². The number of alkyl halides is 2. The van der Waals surface area contributed by atoms with E-state index in [0.717, 1.165) is 36.2 Å². The number of piperazine rings is 1. The van der Waals surface area contributed by atoms with Crippen molar-refractivity contribution < 1.29 is 13.5 Å². The predicted octanol–water partition coefficient (Wildman–Crippen LogP) is 2.46. The third-order valence-electron chi connectivity index (χ3n) is 2.84. The first-order valence-electron chi connectivity index (χ1n) is 5.81. The van der Waals surface area contributed by atoms with E-state index in [0.29, 0.717) is 6.54 Å². The van der Waals surface area contributed by atoms with Gasteiger partial charge in [-0.25, -0.2) is 0 Å². The summed E-state index contributed by atoms with van der Waals surface area (Å²) in [6.07, 6.45) is 0. The Morgan fingerprint density at radius 3 is 2.72 bits per heavy atom. The Labute approximate surface area is 113 Å². The van der Waals surface area contributed by atoms with Gasteiger partial charge in [0, 0.05) is 42.8 Å². The number of rotatable bonds is 4. The monoisotopic (exact) mass is 320 g/mol. The number of ether oxygens (including phenoxy) is 1. The van der Waals surface area contributed by atoms with Gasteiger partial charge in [-0.3, -0.25) is 4.90 Å². The van der Waals surface area contributed by atoms with E-state index in [1.807, 2.05) is 6.07 Å². The summed E-state index contributed by atoms with van der Waals surface area (Å²) < 4.78 is 30.1. The van der Waals surface area contributed by atoms with E-state index in [1.54, 1.807) is 12.1 Å². The predicted molar refractivity (Wildman–Crippen MR) is 68.9 cm³/mol. The molecule has 1 fully saturated rings. The van der Waals surface area contributed by atoms with Gasteiger partial charge in [0.15, 0.2) is 0 Å². The smallest absolute Gasteiger partial charge is 0.387 e. The lowest BCUT2D eigenvalue weighted by Gasteiger charge is -2.27. The molecule has 1 aromatic rings. The molecule has 6 heteroatoms. The van der Waals surface area contributed by atoms with Gasteiger partial charge in [0.05, 0.1) is 0 Å². The van der Waals surface area contributed by atoms with Crippen LogP contribution in [-0.4, -0.2) is 37.7 Å². The number of nitrogens with one attached hydrogen (secondary N) is 1. The Morgan fingerprint density at radius 2 is 2.06 bits per heavy atom. The molecule has 0 aromatic heterocycles. The summed E-state index contributed by atoms with van der Waals surface area (Å²) in [5, 5.41) is 3.26. The molecular formula is C12H15BrF2N2O. The maximum absolute atomic E-state index is 12.3. The molecule has 0 unspecified atom stereocenters. The van der Waals surface area contributed by atoms with Crippen LogP contribution < -0.4 is 10.1 Å². The zero-order valence-corrected chi connectivity index (χ0v) is 11.4. The van der Waals surface area contributed by atoms with Gasteiger partial charge in [0.25, 0.3) is 0 Å². The molecule has 0 saturated carbocycles. The number of benzene rings is 1. The summed E-state index contributed by atoms with van der Waals surface area (Å²) in [5.74, 6) is 0.256. The van der Waals surface area contributed by atoms with Gasteiger partial charge in [-0.15, -0.1) is 0 Å². The van der Waals surface area contributed by atoms with E-state index in [-0.39, 0.29) is 5.75 Å². The highest BCUT2D eigenvalue weighted by molar-refractivity contribution is 9.10. The zero-order valence-electron chi connectivity index (χ0n) is 9.83. The molecule has 0 atom stereocenters. The van der Waals surface area contributed by atoms with Gasteiger partial charge in [0.1, 0.15) is 5.75 Å². The highest BCUT2D eigenvalue weighted by Crippen LogP contribution is 2.26. The fourth-order valence-corrected chi connectivity index (χ4v) is 2.40. The van der Waals surface area contributed by atoms with Gasteiger partial charge < -0.3 is 10.1 Å².